The molecule has 0 aliphatic rings. The van der Waals surface area contributed by atoms with E-state index in [-0.39, 0.29) is 12.8 Å². The highest BCUT2D eigenvalue weighted by Crippen LogP contribution is 2.14. The van der Waals surface area contributed by atoms with E-state index in [0.717, 1.165) is 36.8 Å². The minimum Gasteiger partial charge on any atom is -0.390 e. The molecule has 3 aromatic rings. The second kappa shape index (κ2) is 17.7. The highest BCUT2D eigenvalue weighted by molar-refractivity contribution is 5.97. The quantitative estimate of drug-likeness (QED) is 0.157. The molecule has 1 aromatic heterocycles. The Morgan fingerprint density at radius 3 is 2.17 bits per heavy atom. The Morgan fingerprint density at radius 2 is 1.52 bits per heavy atom. The molecule has 3 amide bonds. The summed E-state index contributed by atoms with van der Waals surface area (Å²) < 4.78 is 0. The van der Waals surface area contributed by atoms with Crippen molar-refractivity contribution >= 4 is 17.7 Å². The van der Waals surface area contributed by atoms with Gasteiger partial charge in [-0.15, -0.1) is 0 Å². The van der Waals surface area contributed by atoms with Crippen LogP contribution in [0.2, 0.25) is 0 Å². The molecular weight excluding hydrogens is 532 g/mol. The molecule has 9 nitrogen and oxygen atoms in total. The van der Waals surface area contributed by atoms with Crippen LogP contribution >= 0.6 is 0 Å². The van der Waals surface area contributed by atoms with Gasteiger partial charge in [0.25, 0.3) is 5.91 Å². The number of hydrogen-bond donors (Lipinski definition) is 5. The van der Waals surface area contributed by atoms with Gasteiger partial charge in [0.15, 0.2) is 0 Å². The first-order valence-electron chi connectivity index (χ1n) is 14.6. The van der Waals surface area contributed by atoms with E-state index in [2.05, 4.69) is 27.9 Å². The van der Waals surface area contributed by atoms with Crippen LogP contribution in [0.25, 0.3) is 0 Å². The SMILES string of the molecule is CCCCCCC(NC(=O)c1cccnc1)C(=O)N[C@@H](Cc1ccccc1)[C@@H](O)[C@H](O)CC(=O)NCc1ccccc1. The molecule has 5 N–H and O–H groups in total. The van der Waals surface area contributed by atoms with Crippen LogP contribution in [0, 0.1) is 0 Å². The molecule has 1 heterocycles. The van der Waals surface area contributed by atoms with Crippen molar-refractivity contribution in [3.8, 4) is 0 Å². The molecule has 0 spiro atoms. The summed E-state index contributed by atoms with van der Waals surface area (Å²) in [5, 5.41) is 30.4. The fourth-order valence-electron chi connectivity index (χ4n) is 4.64. The molecule has 0 radical (unpaired) electrons. The third-order valence-electron chi connectivity index (χ3n) is 7.05. The minimum atomic E-state index is -1.44. The number of aromatic nitrogens is 1. The number of nitrogens with one attached hydrogen (secondary N) is 3. The summed E-state index contributed by atoms with van der Waals surface area (Å²) in [6, 6.07) is 20.1. The summed E-state index contributed by atoms with van der Waals surface area (Å²) in [6.07, 6.45) is 4.11. The van der Waals surface area contributed by atoms with Crippen LogP contribution in [0.4, 0.5) is 0 Å². The lowest BCUT2D eigenvalue weighted by molar-refractivity contribution is -0.127. The molecule has 2 aromatic carbocycles. The molecule has 0 aliphatic carbocycles. The highest BCUT2D eigenvalue weighted by atomic mass is 16.3. The highest BCUT2D eigenvalue weighted by Gasteiger charge is 2.32. The summed E-state index contributed by atoms with van der Waals surface area (Å²) in [4.78, 5) is 43.0. The van der Waals surface area contributed by atoms with Crippen LogP contribution in [-0.4, -0.2) is 57.2 Å². The molecule has 0 saturated heterocycles. The zero-order valence-corrected chi connectivity index (χ0v) is 24.1. The molecule has 9 heteroatoms. The van der Waals surface area contributed by atoms with Crippen molar-refractivity contribution < 1.29 is 24.6 Å². The number of nitrogens with zero attached hydrogens (tertiary/aromatic N) is 1. The van der Waals surface area contributed by atoms with E-state index >= 15 is 0 Å². The first-order valence-corrected chi connectivity index (χ1v) is 14.6. The van der Waals surface area contributed by atoms with Gasteiger partial charge in [-0.1, -0.05) is 93.3 Å². The van der Waals surface area contributed by atoms with E-state index in [4.69, 9.17) is 0 Å². The molecule has 0 bridgehead atoms. The first kappa shape index (κ1) is 32.4. The fourth-order valence-corrected chi connectivity index (χ4v) is 4.64. The Morgan fingerprint density at radius 1 is 0.833 bits per heavy atom. The van der Waals surface area contributed by atoms with E-state index in [0.29, 0.717) is 18.5 Å². The van der Waals surface area contributed by atoms with E-state index in [9.17, 15) is 24.6 Å². The zero-order chi connectivity index (χ0) is 30.2. The Labute approximate surface area is 247 Å². The van der Waals surface area contributed by atoms with E-state index in [1.807, 2.05) is 60.7 Å². The number of amides is 3. The van der Waals surface area contributed by atoms with Crippen molar-refractivity contribution in [2.24, 2.45) is 0 Å². The monoisotopic (exact) mass is 574 g/mol. The summed E-state index contributed by atoms with van der Waals surface area (Å²) >= 11 is 0. The molecule has 4 atom stereocenters. The van der Waals surface area contributed by atoms with Crippen molar-refractivity contribution in [1.82, 2.24) is 20.9 Å². The van der Waals surface area contributed by atoms with Crippen LogP contribution < -0.4 is 16.0 Å². The number of pyridine rings is 1. The number of carbonyl (C=O) groups is 3. The maximum atomic E-state index is 13.6. The van der Waals surface area contributed by atoms with Gasteiger partial charge in [0.1, 0.15) is 12.1 Å². The predicted molar refractivity (Wildman–Crippen MR) is 161 cm³/mol. The van der Waals surface area contributed by atoms with Crippen molar-refractivity contribution in [2.75, 3.05) is 0 Å². The number of carbonyl (C=O) groups excluding carboxylic acids is 3. The summed E-state index contributed by atoms with van der Waals surface area (Å²) in [7, 11) is 0. The standard InChI is InChI=1S/C33H42N4O5/c1-2-3-4-11-18-27(36-32(41)26-17-12-19-34-23-26)33(42)37-28(20-24-13-7-5-8-14-24)31(40)29(38)21-30(39)35-22-25-15-9-6-10-16-25/h5-10,12-17,19,23,27-29,31,38,40H,2-4,11,18,20-22H2,1H3,(H,35,39)(H,36,41)(H,37,42)/t27?,28-,29+,31+/m0/s1. The van der Waals surface area contributed by atoms with Gasteiger partial charge in [-0.2, -0.15) is 0 Å². The maximum absolute atomic E-state index is 13.6. The lowest BCUT2D eigenvalue weighted by Crippen LogP contribution is -2.55. The lowest BCUT2D eigenvalue weighted by Gasteiger charge is -2.29. The number of aliphatic hydroxyl groups is 2. The average molecular weight is 575 g/mol. The lowest BCUT2D eigenvalue weighted by atomic mass is 9.95. The van der Waals surface area contributed by atoms with Crippen LogP contribution in [0.5, 0.6) is 0 Å². The van der Waals surface area contributed by atoms with Gasteiger partial charge in [0.2, 0.25) is 11.8 Å². The van der Waals surface area contributed by atoms with Gasteiger partial charge < -0.3 is 26.2 Å². The Kier molecular flexibility index (Phi) is 13.6. The average Bonchev–Trinajstić information content (AvgIpc) is 3.02. The smallest absolute Gasteiger partial charge is 0.253 e. The van der Waals surface area contributed by atoms with Crippen molar-refractivity contribution in [3.05, 3.63) is 102 Å². The number of aliphatic hydroxyl groups excluding tert-OH is 2. The summed E-state index contributed by atoms with van der Waals surface area (Å²) in [5.74, 6) is -1.31. The summed E-state index contributed by atoms with van der Waals surface area (Å²) in [5.41, 5.74) is 2.08. The molecule has 42 heavy (non-hydrogen) atoms. The van der Waals surface area contributed by atoms with Crippen LogP contribution in [0.3, 0.4) is 0 Å². The van der Waals surface area contributed by atoms with Crippen molar-refractivity contribution in [2.45, 2.75) is 82.7 Å². The van der Waals surface area contributed by atoms with E-state index < -0.39 is 42.0 Å². The van der Waals surface area contributed by atoms with Gasteiger partial charge in [-0.3, -0.25) is 19.4 Å². The number of hydrogen-bond acceptors (Lipinski definition) is 6. The topological polar surface area (TPSA) is 141 Å². The molecule has 224 valence electrons. The number of rotatable bonds is 17. The normalized spacial score (nSPS) is 13.8. The second-order valence-corrected chi connectivity index (χ2v) is 10.4. The zero-order valence-electron chi connectivity index (χ0n) is 24.1. The molecule has 1 unspecified atom stereocenters. The third kappa shape index (κ3) is 11.1. The minimum absolute atomic E-state index is 0.218. The van der Waals surface area contributed by atoms with Crippen LogP contribution in [0.15, 0.2) is 85.2 Å². The van der Waals surface area contributed by atoms with Gasteiger partial charge in [-0.25, -0.2) is 0 Å². The number of benzene rings is 2. The Balaban J connectivity index is 1.70. The molecule has 3 rings (SSSR count). The van der Waals surface area contributed by atoms with Gasteiger partial charge in [0, 0.05) is 18.9 Å². The largest absolute Gasteiger partial charge is 0.390 e. The second-order valence-electron chi connectivity index (χ2n) is 10.4. The van der Waals surface area contributed by atoms with E-state index in [1.165, 1.54) is 6.20 Å². The van der Waals surface area contributed by atoms with Crippen LogP contribution in [-0.2, 0) is 22.6 Å². The number of unbranched alkanes of at least 4 members (excludes halogenated alkanes) is 3. The van der Waals surface area contributed by atoms with Crippen molar-refractivity contribution in [1.29, 1.82) is 0 Å². The Bertz CT molecular complexity index is 1230. The summed E-state index contributed by atoms with van der Waals surface area (Å²) in [6.45, 7) is 2.39. The Hall–Kier alpha value is -4.08. The molecule has 0 saturated carbocycles. The molecule has 0 fully saturated rings. The van der Waals surface area contributed by atoms with E-state index in [1.54, 1.807) is 18.3 Å². The third-order valence-corrected chi connectivity index (χ3v) is 7.05. The maximum Gasteiger partial charge on any atom is 0.253 e. The molecular formula is C33H42N4O5. The van der Waals surface area contributed by atoms with Crippen LogP contribution in [0.1, 0.15) is 66.9 Å². The first-order chi connectivity index (χ1) is 20.4. The molecule has 0 aliphatic heterocycles. The van der Waals surface area contributed by atoms with Crippen molar-refractivity contribution in [3.63, 3.8) is 0 Å². The van der Waals surface area contributed by atoms with Gasteiger partial charge in [-0.05, 0) is 36.1 Å². The van der Waals surface area contributed by atoms with Gasteiger partial charge >= 0.3 is 0 Å². The predicted octanol–water partition coefficient (Wildman–Crippen LogP) is 3.31. The fraction of sp³-hybridized carbons (Fsp3) is 0.394. The van der Waals surface area contributed by atoms with Gasteiger partial charge in [0.05, 0.1) is 24.1 Å².